The van der Waals surface area contributed by atoms with Gasteiger partial charge in [0.2, 0.25) is 5.91 Å². The molecule has 2 amide bonds. The molecule has 1 saturated heterocycles. The fourth-order valence-electron chi connectivity index (χ4n) is 4.15. The third kappa shape index (κ3) is 4.69. The van der Waals surface area contributed by atoms with Crippen molar-refractivity contribution >= 4 is 34.0 Å². The van der Waals surface area contributed by atoms with Crippen LogP contribution in [0.1, 0.15) is 19.8 Å². The van der Waals surface area contributed by atoms with Gasteiger partial charge in [-0.3, -0.25) is 9.59 Å². The van der Waals surface area contributed by atoms with Gasteiger partial charge in [-0.05, 0) is 42.0 Å². The maximum atomic E-state index is 12.8. The van der Waals surface area contributed by atoms with Gasteiger partial charge >= 0.3 is 0 Å². The highest BCUT2D eigenvalue weighted by molar-refractivity contribution is 5.96. The maximum Gasteiger partial charge on any atom is 0.282 e. The Morgan fingerprint density at radius 2 is 1.50 bits per heavy atom. The van der Waals surface area contributed by atoms with Gasteiger partial charge in [-0.2, -0.15) is 0 Å². The van der Waals surface area contributed by atoms with Crippen molar-refractivity contribution in [3.63, 3.8) is 0 Å². The number of fused-ring (bicyclic) bond motifs is 1. The number of anilines is 2. The lowest BCUT2D eigenvalue weighted by Gasteiger charge is -2.32. The van der Waals surface area contributed by atoms with Crippen LogP contribution in [-0.2, 0) is 9.59 Å². The molecule has 0 bridgehead atoms. The van der Waals surface area contributed by atoms with Crippen molar-refractivity contribution in [1.82, 2.24) is 0 Å². The van der Waals surface area contributed by atoms with Crippen molar-refractivity contribution in [2.75, 3.05) is 23.7 Å². The number of benzene rings is 3. The first-order chi connectivity index (χ1) is 14.6. The molecule has 3 aromatic carbocycles. The van der Waals surface area contributed by atoms with Crippen LogP contribution in [-0.4, -0.2) is 30.9 Å². The molecule has 1 fully saturated rings. The lowest BCUT2D eigenvalue weighted by atomic mass is 9.94. The standard InChI is InChI=1S/C25H27N3O2/c1-18(24(29)27-23-12-11-19-7-5-6-8-21(19)17-23)28-15-13-20(14-16-28)25(30)26-22-9-3-2-4-10-22/h2-12,17-18,20H,13-16H2,1H3,(H,26,30)(H,27,29)/p+1/t18-/m0/s1. The summed E-state index contributed by atoms with van der Waals surface area (Å²) in [7, 11) is 0. The van der Waals surface area contributed by atoms with Crippen LogP contribution < -0.4 is 15.5 Å². The van der Waals surface area contributed by atoms with E-state index in [9.17, 15) is 9.59 Å². The Morgan fingerprint density at radius 1 is 0.833 bits per heavy atom. The van der Waals surface area contributed by atoms with Gasteiger partial charge in [0.25, 0.3) is 5.91 Å². The summed E-state index contributed by atoms with van der Waals surface area (Å²) in [5, 5.41) is 8.33. The molecule has 3 aromatic rings. The molecule has 1 aliphatic rings. The number of carbonyl (C=O) groups is 2. The van der Waals surface area contributed by atoms with E-state index >= 15 is 0 Å². The van der Waals surface area contributed by atoms with Gasteiger partial charge in [0.1, 0.15) is 0 Å². The van der Waals surface area contributed by atoms with E-state index in [1.165, 1.54) is 4.90 Å². The van der Waals surface area contributed by atoms with Gasteiger partial charge in [-0.15, -0.1) is 0 Å². The minimum atomic E-state index is -0.158. The van der Waals surface area contributed by atoms with E-state index in [4.69, 9.17) is 0 Å². The van der Waals surface area contributed by atoms with E-state index in [1.54, 1.807) is 0 Å². The first-order valence-corrected chi connectivity index (χ1v) is 10.6. The Bertz CT molecular complexity index is 1030. The Hall–Kier alpha value is -3.18. The molecule has 5 heteroatoms. The summed E-state index contributed by atoms with van der Waals surface area (Å²) in [5.41, 5.74) is 1.66. The zero-order valence-electron chi connectivity index (χ0n) is 17.2. The van der Waals surface area contributed by atoms with Crippen LogP contribution >= 0.6 is 0 Å². The summed E-state index contributed by atoms with van der Waals surface area (Å²) in [6.07, 6.45) is 1.59. The number of amides is 2. The van der Waals surface area contributed by atoms with Gasteiger partial charge in [0, 0.05) is 30.1 Å². The Kier molecular flexibility index (Phi) is 6.10. The number of nitrogens with one attached hydrogen (secondary N) is 3. The van der Waals surface area contributed by atoms with Crippen LogP contribution in [0.3, 0.4) is 0 Å². The number of hydrogen-bond donors (Lipinski definition) is 3. The van der Waals surface area contributed by atoms with Gasteiger partial charge in [0.15, 0.2) is 6.04 Å². The van der Waals surface area contributed by atoms with E-state index in [1.807, 2.05) is 73.7 Å². The molecule has 3 N–H and O–H groups in total. The first kappa shape index (κ1) is 20.1. The monoisotopic (exact) mass is 402 g/mol. The van der Waals surface area contributed by atoms with E-state index in [-0.39, 0.29) is 23.8 Å². The fourth-order valence-corrected chi connectivity index (χ4v) is 4.15. The summed E-state index contributed by atoms with van der Waals surface area (Å²) in [4.78, 5) is 26.6. The highest BCUT2D eigenvalue weighted by Crippen LogP contribution is 2.19. The topological polar surface area (TPSA) is 62.6 Å². The van der Waals surface area contributed by atoms with Crippen LogP contribution in [0.2, 0.25) is 0 Å². The average Bonchev–Trinajstić information content (AvgIpc) is 2.79. The van der Waals surface area contributed by atoms with Crippen LogP contribution in [0, 0.1) is 5.92 Å². The van der Waals surface area contributed by atoms with Crippen LogP contribution in [0.5, 0.6) is 0 Å². The van der Waals surface area contributed by atoms with Crippen molar-refractivity contribution in [2.24, 2.45) is 5.92 Å². The minimum absolute atomic E-state index is 0.00436. The average molecular weight is 403 g/mol. The lowest BCUT2D eigenvalue weighted by Crippen LogP contribution is -3.17. The van der Waals surface area contributed by atoms with Crippen molar-refractivity contribution in [3.8, 4) is 0 Å². The summed E-state index contributed by atoms with van der Waals surface area (Å²) >= 11 is 0. The third-order valence-corrected chi connectivity index (χ3v) is 6.06. The van der Waals surface area contributed by atoms with Crippen LogP contribution in [0.15, 0.2) is 72.8 Å². The molecule has 5 nitrogen and oxygen atoms in total. The number of quaternary nitrogens is 1. The number of carbonyl (C=O) groups excluding carboxylic acids is 2. The quantitative estimate of drug-likeness (QED) is 0.614. The Labute approximate surface area is 177 Å². The Balaban J connectivity index is 1.30. The molecule has 4 rings (SSSR count). The molecule has 0 saturated carbocycles. The molecule has 1 aliphatic heterocycles. The number of rotatable bonds is 5. The van der Waals surface area contributed by atoms with Gasteiger partial charge in [-0.25, -0.2) is 0 Å². The highest BCUT2D eigenvalue weighted by atomic mass is 16.2. The molecule has 30 heavy (non-hydrogen) atoms. The molecule has 1 heterocycles. The molecule has 1 atom stereocenters. The zero-order chi connectivity index (χ0) is 20.9. The summed E-state index contributed by atoms with van der Waals surface area (Å²) in [6.45, 7) is 3.61. The van der Waals surface area contributed by atoms with Crippen LogP contribution in [0.25, 0.3) is 10.8 Å². The summed E-state index contributed by atoms with van der Waals surface area (Å²) in [5.74, 6) is 0.102. The molecule has 0 unspecified atom stereocenters. The van der Waals surface area contributed by atoms with Gasteiger partial charge in [-0.1, -0.05) is 48.5 Å². The SMILES string of the molecule is C[C@@H](C(=O)Nc1ccc2ccccc2c1)[NH+]1CCC(C(=O)Nc2ccccc2)CC1. The van der Waals surface area contributed by atoms with Gasteiger partial charge in [0.05, 0.1) is 13.1 Å². The second-order valence-electron chi connectivity index (χ2n) is 8.06. The molecular weight excluding hydrogens is 374 g/mol. The normalized spacial score (nSPS) is 19.8. The summed E-state index contributed by atoms with van der Waals surface area (Å²) < 4.78 is 0. The maximum absolute atomic E-state index is 12.8. The van der Waals surface area contributed by atoms with Crippen molar-refractivity contribution < 1.29 is 14.5 Å². The van der Waals surface area contributed by atoms with Crippen molar-refractivity contribution in [2.45, 2.75) is 25.8 Å². The lowest BCUT2D eigenvalue weighted by molar-refractivity contribution is -0.919. The summed E-state index contributed by atoms with van der Waals surface area (Å²) in [6, 6.07) is 23.5. The predicted octanol–water partition coefficient (Wildman–Crippen LogP) is 3.10. The zero-order valence-corrected chi connectivity index (χ0v) is 17.2. The van der Waals surface area contributed by atoms with Crippen molar-refractivity contribution in [1.29, 1.82) is 0 Å². The number of likely N-dealkylation sites (tertiary alicyclic amines) is 1. The third-order valence-electron chi connectivity index (χ3n) is 6.06. The number of piperidine rings is 1. The molecular formula is C25H28N3O2+. The van der Waals surface area contributed by atoms with Crippen LogP contribution in [0.4, 0.5) is 11.4 Å². The Morgan fingerprint density at radius 3 is 2.23 bits per heavy atom. The first-order valence-electron chi connectivity index (χ1n) is 10.6. The van der Waals surface area contributed by atoms with E-state index in [0.717, 1.165) is 48.1 Å². The highest BCUT2D eigenvalue weighted by Gasteiger charge is 2.32. The predicted molar refractivity (Wildman–Crippen MR) is 121 cm³/mol. The van der Waals surface area contributed by atoms with Crippen molar-refractivity contribution in [3.05, 3.63) is 72.8 Å². The number of para-hydroxylation sites is 1. The minimum Gasteiger partial charge on any atom is -0.326 e. The van der Waals surface area contributed by atoms with E-state index in [2.05, 4.69) is 16.7 Å². The van der Waals surface area contributed by atoms with Gasteiger partial charge < -0.3 is 15.5 Å². The molecule has 0 radical (unpaired) electrons. The smallest absolute Gasteiger partial charge is 0.282 e. The fraction of sp³-hybridized carbons (Fsp3) is 0.280. The van der Waals surface area contributed by atoms with E-state index < -0.39 is 0 Å². The molecule has 0 aromatic heterocycles. The molecule has 0 spiro atoms. The second kappa shape index (κ2) is 9.09. The van der Waals surface area contributed by atoms with E-state index in [0.29, 0.717) is 0 Å². The molecule has 154 valence electrons. The molecule has 0 aliphatic carbocycles. The number of hydrogen-bond acceptors (Lipinski definition) is 2. The largest absolute Gasteiger partial charge is 0.326 e. The second-order valence-corrected chi connectivity index (χ2v) is 8.06.